The third kappa shape index (κ3) is 12.1. The Labute approximate surface area is 115 Å². The fraction of sp³-hybridized carbons (Fsp3) is 0.923. The number of ether oxygens (including phenoxy) is 2. The Balaban J connectivity index is 3.29. The summed E-state index contributed by atoms with van der Waals surface area (Å²) in [6.45, 7) is 8.72. The second-order valence-corrected chi connectivity index (χ2v) is 4.54. The molecular weight excluding hydrogens is 251 g/mol. The highest BCUT2D eigenvalue weighted by atomic mass is 19.1. The molecule has 0 saturated carbocycles. The maximum Gasteiger partial charge on any atom is 0.222 e. The highest BCUT2D eigenvalue weighted by molar-refractivity contribution is 5.77. The van der Waals surface area contributed by atoms with Crippen LogP contribution in [-0.4, -0.2) is 58.1 Å². The number of amides is 1. The van der Waals surface area contributed by atoms with Gasteiger partial charge in [0.05, 0.1) is 33.0 Å². The van der Waals surface area contributed by atoms with Crippen LogP contribution in [0.2, 0.25) is 0 Å². The average Bonchev–Trinajstić information content (AvgIpc) is 2.38. The van der Waals surface area contributed by atoms with Crippen LogP contribution in [0.25, 0.3) is 0 Å². The third-order valence-electron chi connectivity index (χ3n) is 2.37. The molecular formula is C13H27FN2O3. The van der Waals surface area contributed by atoms with Gasteiger partial charge in [0.1, 0.15) is 6.17 Å². The van der Waals surface area contributed by atoms with Gasteiger partial charge in [-0.05, 0) is 6.54 Å². The monoisotopic (exact) mass is 278 g/mol. The number of halogens is 1. The number of rotatable bonds is 12. The van der Waals surface area contributed by atoms with Crippen molar-refractivity contribution < 1.29 is 18.7 Å². The normalized spacial score (nSPS) is 12.7. The Bertz CT molecular complexity index is 228. The van der Waals surface area contributed by atoms with E-state index in [-0.39, 0.29) is 25.0 Å². The number of alkyl halides is 1. The molecule has 0 bridgehead atoms. The summed E-state index contributed by atoms with van der Waals surface area (Å²) in [4.78, 5) is 11.2. The van der Waals surface area contributed by atoms with Crippen LogP contribution < -0.4 is 10.6 Å². The van der Waals surface area contributed by atoms with Crippen LogP contribution in [0.5, 0.6) is 0 Å². The molecule has 0 spiro atoms. The second-order valence-electron chi connectivity index (χ2n) is 4.54. The topological polar surface area (TPSA) is 59.6 Å². The molecule has 0 aliphatic rings. The van der Waals surface area contributed by atoms with Crippen molar-refractivity contribution in [1.29, 1.82) is 0 Å². The molecule has 0 aliphatic heterocycles. The van der Waals surface area contributed by atoms with Gasteiger partial charge in [-0.3, -0.25) is 4.79 Å². The van der Waals surface area contributed by atoms with Gasteiger partial charge >= 0.3 is 0 Å². The zero-order chi connectivity index (χ0) is 14.5. The molecule has 0 fully saturated rings. The van der Waals surface area contributed by atoms with E-state index < -0.39 is 6.17 Å². The molecule has 1 atom stereocenters. The largest absolute Gasteiger partial charge is 0.378 e. The minimum absolute atomic E-state index is 0.00170. The van der Waals surface area contributed by atoms with Crippen LogP contribution in [0.4, 0.5) is 4.39 Å². The standard InChI is InChI=1S/C13H27FN2O3/c1-4-15-5-6-18-7-8-19-10-12(14)9-16-13(17)11(2)3/h11-12,15H,4-10H2,1-3H3,(H,16,17). The molecule has 114 valence electrons. The molecule has 5 nitrogen and oxygen atoms in total. The van der Waals surface area contributed by atoms with Crippen molar-refractivity contribution in [2.75, 3.05) is 46.1 Å². The Morgan fingerprint density at radius 1 is 1.21 bits per heavy atom. The van der Waals surface area contributed by atoms with Gasteiger partial charge in [-0.25, -0.2) is 4.39 Å². The lowest BCUT2D eigenvalue weighted by molar-refractivity contribution is -0.124. The lowest BCUT2D eigenvalue weighted by Gasteiger charge is -2.12. The van der Waals surface area contributed by atoms with Crippen molar-refractivity contribution in [3.63, 3.8) is 0 Å². The van der Waals surface area contributed by atoms with Gasteiger partial charge in [-0.15, -0.1) is 0 Å². The van der Waals surface area contributed by atoms with Gasteiger partial charge in [0.2, 0.25) is 5.91 Å². The Morgan fingerprint density at radius 3 is 2.53 bits per heavy atom. The molecule has 0 rings (SSSR count). The predicted octanol–water partition coefficient (Wildman–Crippen LogP) is 0.739. The summed E-state index contributed by atoms with van der Waals surface area (Å²) in [7, 11) is 0. The van der Waals surface area contributed by atoms with Gasteiger partial charge < -0.3 is 20.1 Å². The van der Waals surface area contributed by atoms with Gasteiger partial charge in [-0.2, -0.15) is 0 Å². The molecule has 2 N–H and O–H groups in total. The fourth-order valence-corrected chi connectivity index (χ4v) is 1.23. The van der Waals surface area contributed by atoms with Crippen molar-refractivity contribution in [3.8, 4) is 0 Å². The number of likely N-dealkylation sites (N-methyl/N-ethyl adjacent to an activating group) is 1. The summed E-state index contributed by atoms with van der Waals surface area (Å²) in [5, 5.41) is 5.65. The zero-order valence-corrected chi connectivity index (χ0v) is 12.2. The molecule has 0 aromatic carbocycles. The highest BCUT2D eigenvalue weighted by Gasteiger charge is 2.11. The van der Waals surface area contributed by atoms with Gasteiger partial charge in [0.15, 0.2) is 0 Å². The summed E-state index contributed by atoms with van der Waals surface area (Å²) >= 11 is 0. The van der Waals surface area contributed by atoms with E-state index in [1.165, 1.54) is 0 Å². The Hall–Kier alpha value is -0.720. The number of carbonyl (C=O) groups excluding carboxylic acids is 1. The molecule has 1 unspecified atom stereocenters. The predicted molar refractivity (Wildman–Crippen MR) is 72.9 cm³/mol. The summed E-state index contributed by atoms with van der Waals surface area (Å²) in [6, 6.07) is 0. The molecule has 0 heterocycles. The van der Waals surface area contributed by atoms with Crippen molar-refractivity contribution in [3.05, 3.63) is 0 Å². The van der Waals surface area contributed by atoms with Gasteiger partial charge in [0.25, 0.3) is 0 Å². The smallest absolute Gasteiger partial charge is 0.222 e. The van der Waals surface area contributed by atoms with Crippen molar-refractivity contribution in [2.24, 2.45) is 5.92 Å². The molecule has 0 aliphatic carbocycles. The molecule has 1 amide bonds. The number of carbonyl (C=O) groups is 1. The van der Waals surface area contributed by atoms with E-state index in [2.05, 4.69) is 10.6 Å². The SMILES string of the molecule is CCNCCOCCOCC(F)CNC(=O)C(C)C. The summed E-state index contributed by atoms with van der Waals surface area (Å²) in [5.74, 6) is -0.271. The quantitative estimate of drug-likeness (QED) is 0.517. The lowest BCUT2D eigenvalue weighted by Crippen LogP contribution is -2.35. The maximum atomic E-state index is 13.3. The Kier molecular flexibility index (Phi) is 11.9. The van der Waals surface area contributed by atoms with Crippen LogP contribution in [0.15, 0.2) is 0 Å². The number of hydrogen-bond acceptors (Lipinski definition) is 4. The van der Waals surface area contributed by atoms with E-state index >= 15 is 0 Å². The first-order chi connectivity index (χ1) is 9.07. The average molecular weight is 278 g/mol. The van der Waals surface area contributed by atoms with Crippen molar-refractivity contribution in [1.82, 2.24) is 10.6 Å². The van der Waals surface area contributed by atoms with Crippen molar-refractivity contribution >= 4 is 5.91 Å². The molecule has 19 heavy (non-hydrogen) atoms. The van der Waals surface area contributed by atoms with Gasteiger partial charge in [-0.1, -0.05) is 20.8 Å². The van der Waals surface area contributed by atoms with E-state index in [9.17, 15) is 9.18 Å². The maximum absolute atomic E-state index is 13.3. The molecule has 0 aromatic heterocycles. The van der Waals surface area contributed by atoms with E-state index in [0.29, 0.717) is 19.8 Å². The minimum atomic E-state index is -1.18. The van der Waals surface area contributed by atoms with Crippen LogP contribution in [0.1, 0.15) is 20.8 Å². The summed E-state index contributed by atoms with van der Waals surface area (Å²) in [6.07, 6.45) is -1.18. The summed E-state index contributed by atoms with van der Waals surface area (Å²) < 4.78 is 23.7. The van der Waals surface area contributed by atoms with E-state index in [1.807, 2.05) is 6.92 Å². The van der Waals surface area contributed by atoms with E-state index in [4.69, 9.17) is 9.47 Å². The second kappa shape index (κ2) is 12.3. The van der Waals surface area contributed by atoms with Crippen LogP contribution in [-0.2, 0) is 14.3 Å². The molecule has 0 aromatic rings. The first-order valence-corrected chi connectivity index (χ1v) is 6.85. The zero-order valence-electron chi connectivity index (χ0n) is 12.2. The lowest BCUT2D eigenvalue weighted by atomic mass is 10.2. The first-order valence-electron chi connectivity index (χ1n) is 6.85. The number of hydrogen-bond donors (Lipinski definition) is 2. The van der Waals surface area contributed by atoms with Crippen molar-refractivity contribution in [2.45, 2.75) is 26.9 Å². The van der Waals surface area contributed by atoms with Crippen LogP contribution in [0, 0.1) is 5.92 Å². The first kappa shape index (κ1) is 18.3. The van der Waals surface area contributed by atoms with E-state index in [1.54, 1.807) is 13.8 Å². The molecule has 0 radical (unpaired) electrons. The molecule has 6 heteroatoms. The van der Waals surface area contributed by atoms with Gasteiger partial charge in [0, 0.05) is 12.5 Å². The van der Waals surface area contributed by atoms with E-state index in [0.717, 1.165) is 13.1 Å². The Morgan fingerprint density at radius 2 is 1.89 bits per heavy atom. The fourth-order valence-electron chi connectivity index (χ4n) is 1.23. The van der Waals surface area contributed by atoms with Crippen LogP contribution >= 0.6 is 0 Å². The highest BCUT2D eigenvalue weighted by Crippen LogP contribution is 1.94. The third-order valence-corrected chi connectivity index (χ3v) is 2.37. The summed E-state index contributed by atoms with van der Waals surface area (Å²) in [5.41, 5.74) is 0. The minimum Gasteiger partial charge on any atom is -0.378 e. The number of nitrogens with one attached hydrogen (secondary N) is 2. The molecule has 0 saturated heterocycles. The van der Waals surface area contributed by atoms with Crippen LogP contribution in [0.3, 0.4) is 0 Å².